The molecule has 0 bridgehead atoms. The number of hydrogen-bond acceptors (Lipinski definition) is 1. The lowest BCUT2D eigenvalue weighted by molar-refractivity contribution is 1.31. The number of pyridine rings is 1. The molecule has 2 aliphatic carbocycles. The average molecular weight is 436 g/mol. The number of halogens is 1. The van der Waals surface area contributed by atoms with Crippen molar-refractivity contribution in [1.29, 1.82) is 0 Å². The van der Waals surface area contributed by atoms with Crippen molar-refractivity contribution < 1.29 is 0 Å². The highest BCUT2D eigenvalue weighted by molar-refractivity contribution is 9.10. The van der Waals surface area contributed by atoms with E-state index < -0.39 is 0 Å². The molecule has 29 heavy (non-hydrogen) atoms. The number of hydrogen-bond donors (Lipinski definition) is 0. The second-order valence-electron chi connectivity index (χ2n) is 6.98. The summed E-state index contributed by atoms with van der Waals surface area (Å²) in [5.74, 6) is 0. The molecule has 3 aromatic rings. The monoisotopic (exact) mass is 435 g/mol. The van der Waals surface area contributed by atoms with Crippen molar-refractivity contribution >= 4 is 15.9 Å². The summed E-state index contributed by atoms with van der Waals surface area (Å²) in [4.78, 5) is 5.03. The highest BCUT2D eigenvalue weighted by Crippen LogP contribution is 2.43. The molecule has 0 saturated carbocycles. The Hall–Kier alpha value is -3.23. The maximum atomic E-state index is 5.03. The topological polar surface area (TPSA) is 12.9 Å². The van der Waals surface area contributed by atoms with Crippen molar-refractivity contribution in [3.63, 3.8) is 0 Å². The van der Waals surface area contributed by atoms with Gasteiger partial charge in [0, 0.05) is 16.7 Å². The summed E-state index contributed by atoms with van der Waals surface area (Å²) in [5.41, 5.74) is 8.96. The minimum absolute atomic E-state index is 0.955. The van der Waals surface area contributed by atoms with Gasteiger partial charge in [-0.25, -0.2) is 4.98 Å². The summed E-state index contributed by atoms with van der Waals surface area (Å²) in [6.45, 7) is 0. The van der Waals surface area contributed by atoms with Gasteiger partial charge in [-0.3, -0.25) is 0 Å². The average Bonchev–Trinajstić information content (AvgIpc) is 3.02. The second-order valence-corrected chi connectivity index (χ2v) is 7.77. The maximum Gasteiger partial charge on any atom is 0.0857 e. The van der Waals surface area contributed by atoms with E-state index >= 15 is 0 Å². The summed E-state index contributed by atoms with van der Waals surface area (Å²) < 4.78 is 1.02. The van der Waals surface area contributed by atoms with Gasteiger partial charge in [0.05, 0.1) is 15.9 Å². The van der Waals surface area contributed by atoms with Crippen LogP contribution in [0.25, 0.3) is 44.8 Å². The highest BCUT2D eigenvalue weighted by atomic mass is 79.9. The second kappa shape index (κ2) is 7.65. The van der Waals surface area contributed by atoms with E-state index in [9.17, 15) is 0 Å². The van der Waals surface area contributed by atoms with Crippen LogP contribution in [0, 0.1) is 0 Å². The predicted molar refractivity (Wildman–Crippen MR) is 125 cm³/mol. The van der Waals surface area contributed by atoms with Crippen LogP contribution in [0.15, 0.2) is 114 Å². The van der Waals surface area contributed by atoms with Crippen LogP contribution in [-0.2, 0) is 0 Å². The SMILES string of the molecule is Brc1c(-c2ccc3cccccc2-3)cc(-c2ccccc2)nc1-c1ccccc1. The van der Waals surface area contributed by atoms with Crippen LogP contribution in [-0.4, -0.2) is 4.98 Å². The molecular formula is C27H18BrN. The number of benzene rings is 2. The molecule has 0 saturated heterocycles. The van der Waals surface area contributed by atoms with Crippen molar-refractivity contribution in [3.8, 4) is 44.8 Å². The first-order valence-electron chi connectivity index (χ1n) is 9.61. The summed E-state index contributed by atoms with van der Waals surface area (Å²) in [6, 6.07) is 37.9. The molecule has 0 N–H and O–H groups in total. The lowest BCUT2D eigenvalue weighted by Gasteiger charge is -2.14. The Morgan fingerprint density at radius 3 is 1.76 bits per heavy atom. The summed E-state index contributed by atoms with van der Waals surface area (Å²) in [6.07, 6.45) is 0. The van der Waals surface area contributed by atoms with Gasteiger partial charge in [0.25, 0.3) is 0 Å². The minimum Gasteiger partial charge on any atom is -0.247 e. The largest absolute Gasteiger partial charge is 0.247 e. The van der Waals surface area contributed by atoms with E-state index in [0.717, 1.165) is 32.6 Å². The number of fused-ring (bicyclic) bond motifs is 1. The number of aromatic nitrogens is 1. The van der Waals surface area contributed by atoms with Gasteiger partial charge in [0.15, 0.2) is 0 Å². The van der Waals surface area contributed by atoms with Crippen LogP contribution in [0.5, 0.6) is 0 Å². The Bertz CT molecular complexity index is 1250. The third-order valence-electron chi connectivity index (χ3n) is 5.16. The Labute approximate surface area is 179 Å². The van der Waals surface area contributed by atoms with Crippen LogP contribution in [0.4, 0.5) is 0 Å². The van der Waals surface area contributed by atoms with E-state index in [1.807, 2.05) is 12.1 Å². The lowest BCUT2D eigenvalue weighted by Crippen LogP contribution is -1.93. The third-order valence-corrected chi connectivity index (χ3v) is 5.96. The molecule has 0 amide bonds. The van der Waals surface area contributed by atoms with E-state index in [-0.39, 0.29) is 0 Å². The lowest BCUT2D eigenvalue weighted by atomic mass is 9.98. The fourth-order valence-corrected chi connectivity index (χ4v) is 4.36. The Kier molecular flexibility index (Phi) is 4.71. The molecule has 2 aromatic carbocycles. The standard InChI is InChI=1S/C27H18BrN/c28-26-24(23-17-16-19-10-4-3-9-15-22(19)23)18-25(20-11-5-1-6-12-20)29-27(26)21-13-7-2-8-14-21/h1-18H. The van der Waals surface area contributed by atoms with Gasteiger partial charge in [-0.05, 0) is 38.7 Å². The van der Waals surface area contributed by atoms with E-state index in [2.05, 4.69) is 113 Å². The molecule has 1 nitrogen and oxygen atoms in total. The molecule has 0 aliphatic heterocycles. The van der Waals surface area contributed by atoms with Crippen molar-refractivity contribution in [2.24, 2.45) is 0 Å². The van der Waals surface area contributed by atoms with Gasteiger partial charge in [0.2, 0.25) is 0 Å². The molecular weight excluding hydrogens is 418 g/mol. The Morgan fingerprint density at radius 2 is 1.07 bits per heavy atom. The van der Waals surface area contributed by atoms with Gasteiger partial charge in [0.1, 0.15) is 0 Å². The van der Waals surface area contributed by atoms with Crippen molar-refractivity contribution in [2.45, 2.75) is 0 Å². The number of nitrogens with zero attached hydrogens (tertiary/aromatic N) is 1. The molecule has 2 aliphatic rings. The van der Waals surface area contributed by atoms with Crippen LogP contribution in [0.1, 0.15) is 0 Å². The van der Waals surface area contributed by atoms with Gasteiger partial charge in [-0.2, -0.15) is 0 Å². The third kappa shape index (κ3) is 3.37. The Balaban J connectivity index is 1.79. The molecule has 2 heteroatoms. The molecule has 1 aromatic heterocycles. The molecule has 138 valence electrons. The van der Waals surface area contributed by atoms with E-state index in [1.165, 1.54) is 16.7 Å². The molecule has 0 atom stereocenters. The van der Waals surface area contributed by atoms with E-state index in [1.54, 1.807) is 0 Å². The summed E-state index contributed by atoms with van der Waals surface area (Å²) >= 11 is 3.88. The van der Waals surface area contributed by atoms with Crippen molar-refractivity contribution in [1.82, 2.24) is 4.98 Å². The zero-order chi connectivity index (χ0) is 19.6. The van der Waals surface area contributed by atoms with Crippen molar-refractivity contribution in [3.05, 3.63) is 114 Å². The van der Waals surface area contributed by atoms with Gasteiger partial charge < -0.3 is 0 Å². The molecule has 0 fully saturated rings. The van der Waals surface area contributed by atoms with Crippen LogP contribution < -0.4 is 0 Å². The zero-order valence-electron chi connectivity index (χ0n) is 15.7. The first-order chi connectivity index (χ1) is 14.3. The highest BCUT2D eigenvalue weighted by Gasteiger charge is 2.18. The smallest absolute Gasteiger partial charge is 0.0857 e. The van der Waals surface area contributed by atoms with Crippen LogP contribution in [0.2, 0.25) is 0 Å². The molecule has 5 rings (SSSR count). The number of rotatable bonds is 3. The minimum atomic E-state index is 0.955. The van der Waals surface area contributed by atoms with E-state index in [0.29, 0.717) is 0 Å². The fourth-order valence-electron chi connectivity index (χ4n) is 3.72. The fraction of sp³-hybridized carbons (Fsp3) is 0. The maximum absolute atomic E-state index is 5.03. The molecule has 1 heterocycles. The van der Waals surface area contributed by atoms with Gasteiger partial charge in [-0.15, -0.1) is 0 Å². The molecule has 0 spiro atoms. The predicted octanol–water partition coefficient (Wildman–Crippen LogP) is 7.95. The van der Waals surface area contributed by atoms with Gasteiger partial charge >= 0.3 is 0 Å². The molecule has 0 radical (unpaired) electrons. The van der Waals surface area contributed by atoms with E-state index in [4.69, 9.17) is 4.98 Å². The quantitative estimate of drug-likeness (QED) is 0.280. The first kappa shape index (κ1) is 17.8. The summed E-state index contributed by atoms with van der Waals surface area (Å²) in [7, 11) is 0. The Morgan fingerprint density at radius 1 is 0.483 bits per heavy atom. The first-order valence-corrected chi connectivity index (χ1v) is 10.4. The normalized spacial score (nSPS) is 10.9. The van der Waals surface area contributed by atoms with Crippen LogP contribution >= 0.6 is 15.9 Å². The summed E-state index contributed by atoms with van der Waals surface area (Å²) in [5, 5.41) is 0. The van der Waals surface area contributed by atoms with Crippen molar-refractivity contribution in [2.75, 3.05) is 0 Å². The molecule has 0 unspecified atom stereocenters. The van der Waals surface area contributed by atoms with Crippen LogP contribution in [0.3, 0.4) is 0 Å². The van der Waals surface area contributed by atoms with Gasteiger partial charge in [-0.1, -0.05) is 103 Å². The zero-order valence-corrected chi connectivity index (χ0v) is 17.3.